The van der Waals surface area contributed by atoms with Crippen molar-refractivity contribution in [3.8, 4) is 0 Å². The second-order valence-corrected chi connectivity index (χ2v) is 8.02. The fourth-order valence-corrected chi connectivity index (χ4v) is 4.05. The van der Waals surface area contributed by atoms with Crippen molar-refractivity contribution in [2.45, 2.75) is 6.54 Å². The van der Waals surface area contributed by atoms with Crippen LogP contribution in [0, 0.1) is 5.82 Å². The second-order valence-electron chi connectivity index (χ2n) is 6.34. The van der Waals surface area contributed by atoms with Gasteiger partial charge in [0.1, 0.15) is 16.7 Å². The van der Waals surface area contributed by atoms with Gasteiger partial charge in [0, 0.05) is 13.1 Å². The predicted molar refractivity (Wildman–Crippen MR) is 115 cm³/mol. The van der Waals surface area contributed by atoms with Crippen LogP contribution in [-0.4, -0.2) is 50.7 Å². The summed E-state index contributed by atoms with van der Waals surface area (Å²) in [5.41, 5.74) is 1.60. The van der Waals surface area contributed by atoms with Crippen LogP contribution >= 0.6 is 24.0 Å². The van der Waals surface area contributed by atoms with Crippen molar-refractivity contribution in [2.75, 3.05) is 19.7 Å². The molecule has 0 unspecified atom stereocenters. The van der Waals surface area contributed by atoms with Crippen LogP contribution < -0.4 is 0 Å². The molecule has 0 bridgehead atoms. The smallest absolute Gasteiger partial charge is 0.266 e. The molecular weight excluding hydrogens is 411 g/mol. The number of thioether (sulfide) groups is 1. The number of halogens is 1. The summed E-state index contributed by atoms with van der Waals surface area (Å²) in [6.45, 7) is 0.119. The number of carbonyl (C=O) groups excluding carboxylic acids is 2. The lowest BCUT2D eigenvalue weighted by Crippen LogP contribution is -2.42. The van der Waals surface area contributed by atoms with Crippen LogP contribution in [0.1, 0.15) is 11.1 Å². The maximum atomic E-state index is 13.1. The molecule has 0 aliphatic carbocycles. The Morgan fingerprint density at radius 1 is 1.17 bits per heavy atom. The lowest BCUT2D eigenvalue weighted by atomic mass is 10.2. The Bertz CT molecular complexity index is 933. The SMILES string of the molecule is O=C(CN1C(=O)/C(=C/c2ccc(F)cc2)SC1=S)N(CCO)Cc1ccccc1. The normalized spacial score (nSPS) is 15.2. The van der Waals surface area contributed by atoms with Crippen molar-refractivity contribution in [3.05, 3.63) is 76.4 Å². The van der Waals surface area contributed by atoms with Crippen molar-refractivity contribution in [2.24, 2.45) is 0 Å². The highest BCUT2D eigenvalue weighted by atomic mass is 32.2. The van der Waals surface area contributed by atoms with Gasteiger partial charge in [-0.2, -0.15) is 0 Å². The highest BCUT2D eigenvalue weighted by Gasteiger charge is 2.34. The van der Waals surface area contributed by atoms with Crippen LogP contribution in [0.15, 0.2) is 59.5 Å². The van der Waals surface area contributed by atoms with E-state index in [0.717, 1.165) is 17.3 Å². The number of hydrogen-bond acceptors (Lipinski definition) is 5. The van der Waals surface area contributed by atoms with Crippen molar-refractivity contribution in [1.82, 2.24) is 9.80 Å². The number of nitrogens with zero attached hydrogens (tertiary/aromatic N) is 2. The summed E-state index contributed by atoms with van der Waals surface area (Å²) in [6, 6.07) is 15.2. The van der Waals surface area contributed by atoms with E-state index >= 15 is 0 Å². The van der Waals surface area contributed by atoms with E-state index in [-0.39, 0.29) is 37.3 Å². The molecule has 0 aromatic heterocycles. The maximum Gasteiger partial charge on any atom is 0.266 e. The molecule has 3 rings (SSSR count). The van der Waals surface area contributed by atoms with Crippen LogP contribution in [0.3, 0.4) is 0 Å². The number of carbonyl (C=O) groups is 2. The molecule has 1 N–H and O–H groups in total. The van der Waals surface area contributed by atoms with E-state index in [0.29, 0.717) is 21.3 Å². The lowest BCUT2D eigenvalue weighted by Gasteiger charge is -2.24. The quantitative estimate of drug-likeness (QED) is 0.541. The standard InChI is InChI=1S/C21H19FN2O3S2/c22-17-8-6-15(7-9-17)12-18-20(27)24(21(28)29-18)14-19(26)23(10-11-25)13-16-4-2-1-3-5-16/h1-9,12,25H,10-11,13-14H2/b18-12-. The van der Waals surface area contributed by atoms with Gasteiger partial charge in [-0.25, -0.2) is 4.39 Å². The molecule has 1 saturated heterocycles. The second kappa shape index (κ2) is 9.78. The van der Waals surface area contributed by atoms with Gasteiger partial charge in [-0.15, -0.1) is 0 Å². The molecule has 2 amide bonds. The molecule has 1 heterocycles. The van der Waals surface area contributed by atoms with E-state index in [4.69, 9.17) is 12.2 Å². The van der Waals surface area contributed by atoms with Gasteiger partial charge < -0.3 is 10.0 Å². The molecule has 1 aliphatic heterocycles. The molecule has 0 saturated carbocycles. The molecule has 0 radical (unpaired) electrons. The van der Waals surface area contributed by atoms with Gasteiger partial charge >= 0.3 is 0 Å². The molecule has 5 nitrogen and oxygen atoms in total. The van der Waals surface area contributed by atoms with Gasteiger partial charge in [-0.1, -0.05) is 66.4 Å². The zero-order valence-corrected chi connectivity index (χ0v) is 17.1. The number of aliphatic hydroxyl groups excluding tert-OH is 1. The topological polar surface area (TPSA) is 60.9 Å². The molecule has 8 heteroatoms. The van der Waals surface area contributed by atoms with Gasteiger partial charge in [0.05, 0.1) is 11.5 Å². The van der Waals surface area contributed by atoms with E-state index in [1.165, 1.54) is 21.9 Å². The zero-order chi connectivity index (χ0) is 20.8. The molecule has 150 valence electrons. The van der Waals surface area contributed by atoms with Gasteiger partial charge in [0.2, 0.25) is 5.91 Å². The summed E-state index contributed by atoms with van der Waals surface area (Å²) in [5, 5.41) is 9.31. The first-order valence-corrected chi connectivity index (χ1v) is 10.1. The summed E-state index contributed by atoms with van der Waals surface area (Å²) in [6.07, 6.45) is 1.62. The highest BCUT2D eigenvalue weighted by molar-refractivity contribution is 8.26. The van der Waals surface area contributed by atoms with Gasteiger partial charge in [0.15, 0.2) is 0 Å². The monoisotopic (exact) mass is 430 g/mol. The average molecular weight is 431 g/mol. The molecule has 0 atom stereocenters. The van der Waals surface area contributed by atoms with E-state index in [2.05, 4.69) is 0 Å². The van der Waals surface area contributed by atoms with E-state index in [1.54, 1.807) is 18.2 Å². The van der Waals surface area contributed by atoms with Crippen molar-refractivity contribution in [3.63, 3.8) is 0 Å². The Morgan fingerprint density at radius 3 is 2.52 bits per heavy atom. The number of amides is 2. The Balaban J connectivity index is 1.70. The van der Waals surface area contributed by atoms with E-state index in [9.17, 15) is 19.1 Å². The third kappa shape index (κ3) is 5.50. The van der Waals surface area contributed by atoms with Crippen molar-refractivity contribution in [1.29, 1.82) is 0 Å². The highest BCUT2D eigenvalue weighted by Crippen LogP contribution is 2.32. The minimum atomic E-state index is -0.360. The Hall–Kier alpha value is -2.55. The number of thiocarbonyl (C=S) groups is 1. The van der Waals surface area contributed by atoms with Crippen LogP contribution in [0.25, 0.3) is 6.08 Å². The first-order valence-electron chi connectivity index (χ1n) is 8.91. The Morgan fingerprint density at radius 2 is 1.86 bits per heavy atom. The number of rotatable bonds is 7. The molecule has 0 spiro atoms. The number of benzene rings is 2. The Labute approximate surface area is 177 Å². The lowest BCUT2D eigenvalue weighted by molar-refractivity contribution is -0.136. The van der Waals surface area contributed by atoms with Crippen LogP contribution in [0.4, 0.5) is 4.39 Å². The summed E-state index contributed by atoms with van der Waals surface area (Å²) in [7, 11) is 0. The third-order valence-electron chi connectivity index (χ3n) is 4.27. The number of aliphatic hydroxyl groups is 1. The van der Waals surface area contributed by atoms with Crippen LogP contribution in [-0.2, 0) is 16.1 Å². The molecule has 2 aromatic rings. The molecule has 1 aliphatic rings. The van der Waals surface area contributed by atoms with Crippen molar-refractivity contribution < 1.29 is 19.1 Å². The fourth-order valence-electron chi connectivity index (χ4n) is 2.80. The number of hydrogen-bond donors (Lipinski definition) is 1. The minimum absolute atomic E-state index is 0.161. The summed E-state index contributed by atoms with van der Waals surface area (Å²) in [4.78, 5) is 28.6. The van der Waals surface area contributed by atoms with E-state index < -0.39 is 0 Å². The zero-order valence-electron chi connectivity index (χ0n) is 15.5. The van der Waals surface area contributed by atoms with Gasteiger partial charge in [0.25, 0.3) is 5.91 Å². The molecule has 1 fully saturated rings. The maximum absolute atomic E-state index is 13.1. The summed E-state index contributed by atoms with van der Waals surface area (Å²) < 4.78 is 13.3. The first-order chi connectivity index (χ1) is 14.0. The predicted octanol–water partition coefficient (Wildman–Crippen LogP) is 3.05. The largest absolute Gasteiger partial charge is 0.395 e. The van der Waals surface area contributed by atoms with E-state index in [1.807, 2.05) is 30.3 Å². The summed E-state index contributed by atoms with van der Waals surface area (Å²) >= 11 is 6.38. The minimum Gasteiger partial charge on any atom is -0.395 e. The summed E-state index contributed by atoms with van der Waals surface area (Å²) in [5.74, 6) is -1.02. The average Bonchev–Trinajstić information content (AvgIpc) is 2.97. The molecule has 2 aromatic carbocycles. The third-order valence-corrected chi connectivity index (χ3v) is 5.65. The van der Waals surface area contributed by atoms with Crippen molar-refractivity contribution >= 4 is 46.2 Å². The van der Waals surface area contributed by atoms with Gasteiger partial charge in [-0.05, 0) is 29.3 Å². The first kappa shape index (κ1) is 21.2. The molecular formula is C21H19FN2O3S2. The fraction of sp³-hybridized carbons (Fsp3) is 0.190. The Kier molecular flexibility index (Phi) is 7.13. The van der Waals surface area contributed by atoms with Crippen LogP contribution in [0.2, 0.25) is 0 Å². The van der Waals surface area contributed by atoms with Gasteiger partial charge in [-0.3, -0.25) is 14.5 Å². The van der Waals surface area contributed by atoms with Crippen LogP contribution in [0.5, 0.6) is 0 Å². The molecule has 29 heavy (non-hydrogen) atoms.